The van der Waals surface area contributed by atoms with Crippen molar-refractivity contribution in [1.29, 1.82) is 0 Å². The van der Waals surface area contributed by atoms with Gasteiger partial charge in [0.05, 0.1) is 4.87 Å². The predicted molar refractivity (Wildman–Crippen MR) is 79.5 cm³/mol. The quantitative estimate of drug-likeness (QED) is 0.886. The first-order valence-corrected chi connectivity index (χ1v) is 7.74. The zero-order valence-electron chi connectivity index (χ0n) is 12.1. The number of aryl methyl sites for hydroxylation is 1. The molecule has 1 atom stereocenters. The highest BCUT2D eigenvalue weighted by Gasteiger charge is 2.38. The molecule has 0 aliphatic carbocycles. The summed E-state index contributed by atoms with van der Waals surface area (Å²) in [4.78, 5) is 0.0850. The molecular formula is C15H21F2NOS. The average molecular weight is 301 g/mol. The van der Waals surface area contributed by atoms with Gasteiger partial charge in [0.1, 0.15) is 5.75 Å². The Morgan fingerprint density at radius 2 is 1.90 bits per heavy atom. The van der Waals surface area contributed by atoms with E-state index in [4.69, 9.17) is 0 Å². The van der Waals surface area contributed by atoms with Crippen molar-refractivity contribution in [3.05, 3.63) is 29.8 Å². The molecule has 0 bridgehead atoms. The SMILES string of the molecule is CC1(C)CSC(C)(CCc2ccc(OC(F)F)cc2)N1. The molecule has 1 N–H and O–H groups in total. The summed E-state index contributed by atoms with van der Waals surface area (Å²) >= 11 is 1.95. The highest BCUT2D eigenvalue weighted by atomic mass is 32.2. The van der Waals surface area contributed by atoms with E-state index in [-0.39, 0.29) is 16.2 Å². The molecule has 1 saturated heterocycles. The van der Waals surface area contributed by atoms with Crippen molar-refractivity contribution < 1.29 is 13.5 Å². The Morgan fingerprint density at radius 3 is 2.40 bits per heavy atom. The first-order valence-electron chi connectivity index (χ1n) is 6.75. The van der Waals surface area contributed by atoms with E-state index in [1.165, 1.54) is 0 Å². The van der Waals surface area contributed by atoms with Gasteiger partial charge in [0.15, 0.2) is 0 Å². The van der Waals surface area contributed by atoms with Crippen LogP contribution in [-0.2, 0) is 6.42 Å². The van der Waals surface area contributed by atoms with Crippen LogP contribution >= 0.6 is 11.8 Å². The van der Waals surface area contributed by atoms with Crippen molar-refractivity contribution in [3.63, 3.8) is 0 Å². The summed E-state index contributed by atoms with van der Waals surface area (Å²) in [7, 11) is 0. The maximum Gasteiger partial charge on any atom is 0.387 e. The summed E-state index contributed by atoms with van der Waals surface area (Å²) in [6.07, 6.45) is 1.93. The van der Waals surface area contributed by atoms with Crippen LogP contribution in [0.1, 0.15) is 32.8 Å². The molecular weight excluding hydrogens is 280 g/mol. The Balaban J connectivity index is 1.88. The van der Waals surface area contributed by atoms with Gasteiger partial charge in [-0.3, -0.25) is 5.32 Å². The second-order valence-electron chi connectivity index (χ2n) is 6.05. The Labute approximate surface area is 123 Å². The van der Waals surface area contributed by atoms with Gasteiger partial charge in [0, 0.05) is 11.3 Å². The molecule has 112 valence electrons. The Kier molecular flexibility index (Phi) is 4.59. The molecule has 1 aromatic rings. The van der Waals surface area contributed by atoms with Crippen molar-refractivity contribution in [2.24, 2.45) is 0 Å². The zero-order valence-corrected chi connectivity index (χ0v) is 12.9. The number of benzene rings is 1. The summed E-state index contributed by atoms with van der Waals surface area (Å²) in [6, 6.07) is 6.91. The first kappa shape index (κ1) is 15.6. The summed E-state index contributed by atoms with van der Waals surface area (Å²) < 4.78 is 28.5. The van der Waals surface area contributed by atoms with Crippen molar-refractivity contribution in [2.45, 2.75) is 50.6 Å². The molecule has 1 aromatic carbocycles. The van der Waals surface area contributed by atoms with Crippen molar-refractivity contribution in [3.8, 4) is 5.75 Å². The average Bonchev–Trinajstić information content (AvgIpc) is 2.63. The third-order valence-corrected chi connectivity index (χ3v) is 5.20. The third-order valence-electron chi connectivity index (χ3n) is 3.39. The third kappa shape index (κ3) is 4.35. The number of halogens is 2. The maximum absolute atomic E-state index is 12.1. The van der Waals surface area contributed by atoms with Crippen LogP contribution < -0.4 is 10.1 Å². The Hall–Kier alpha value is -0.810. The normalized spacial score (nSPS) is 25.1. The van der Waals surface area contributed by atoms with Gasteiger partial charge in [-0.25, -0.2) is 0 Å². The summed E-state index contributed by atoms with van der Waals surface area (Å²) in [6.45, 7) is 3.88. The molecule has 0 aromatic heterocycles. The van der Waals surface area contributed by atoms with E-state index >= 15 is 0 Å². The molecule has 0 spiro atoms. The van der Waals surface area contributed by atoms with Gasteiger partial charge in [0.25, 0.3) is 0 Å². The number of hydrogen-bond donors (Lipinski definition) is 1. The minimum atomic E-state index is -2.76. The fourth-order valence-electron chi connectivity index (χ4n) is 2.48. The lowest BCUT2D eigenvalue weighted by atomic mass is 10.0. The number of nitrogens with one attached hydrogen (secondary N) is 1. The van der Waals surface area contributed by atoms with Gasteiger partial charge in [-0.1, -0.05) is 12.1 Å². The Bertz CT molecular complexity index is 450. The molecule has 1 heterocycles. The summed E-state index contributed by atoms with van der Waals surface area (Å²) in [5, 5.41) is 3.65. The largest absolute Gasteiger partial charge is 0.435 e. The molecule has 0 saturated carbocycles. The smallest absolute Gasteiger partial charge is 0.387 e. The van der Waals surface area contributed by atoms with Crippen LogP contribution in [0.3, 0.4) is 0 Å². The highest BCUT2D eigenvalue weighted by molar-refractivity contribution is 8.00. The second kappa shape index (κ2) is 5.90. The van der Waals surface area contributed by atoms with E-state index in [9.17, 15) is 8.78 Å². The van der Waals surface area contributed by atoms with E-state index < -0.39 is 6.61 Å². The van der Waals surface area contributed by atoms with Crippen LogP contribution in [0, 0.1) is 0 Å². The number of thioether (sulfide) groups is 1. The van der Waals surface area contributed by atoms with Gasteiger partial charge in [-0.2, -0.15) is 8.78 Å². The first-order chi connectivity index (χ1) is 9.28. The topological polar surface area (TPSA) is 21.3 Å². The van der Waals surface area contributed by atoms with Crippen LogP contribution in [-0.4, -0.2) is 22.8 Å². The van der Waals surface area contributed by atoms with Gasteiger partial charge in [0.2, 0.25) is 0 Å². The highest BCUT2D eigenvalue weighted by Crippen LogP contribution is 2.38. The summed E-state index contributed by atoms with van der Waals surface area (Å²) in [5.74, 6) is 1.31. The van der Waals surface area contributed by atoms with Gasteiger partial charge in [-0.15, -0.1) is 11.8 Å². The van der Waals surface area contributed by atoms with Crippen LogP contribution in [0.2, 0.25) is 0 Å². The van der Waals surface area contributed by atoms with E-state index in [0.29, 0.717) is 0 Å². The standard InChI is InChI=1S/C15H21F2NOS/c1-14(2)10-20-15(3,18-14)9-8-11-4-6-12(7-5-11)19-13(16)17/h4-7,13,18H,8-10H2,1-3H3. The van der Waals surface area contributed by atoms with Crippen molar-refractivity contribution in [2.75, 3.05) is 5.75 Å². The molecule has 1 aliphatic heterocycles. The molecule has 20 heavy (non-hydrogen) atoms. The molecule has 5 heteroatoms. The minimum Gasteiger partial charge on any atom is -0.435 e. The number of ether oxygens (including phenoxy) is 1. The summed E-state index contributed by atoms with van der Waals surface area (Å²) in [5.41, 5.74) is 1.31. The predicted octanol–water partition coefficient (Wildman–Crippen LogP) is 4.05. The molecule has 0 radical (unpaired) electrons. The van der Waals surface area contributed by atoms with Gasteiger partial charge >= 0.3 is 6.61 Å². The maximum atomic E-state index is 12.1. The Morgan fingerprint density at radius 1 is 1.25 bits per heavy atom. The van der Waals surface area contributed by atoms with Crippen LogP contribution in [0.4, 0.5) is 8.78 Å². The second-order valence-corrected chi connectivity index (χ2v) is 7.53. The molecule has 0 amide bonds. The zero-order chi connectivity index (χ0) is 14.8. The molecule has 2 nitrogen and oxygen atoms in total. The van der Waals surface area contributed by atoms with E-state index in [1.807, 2.05) is 23.9 Å². The minimum absolute atomic E-state index is 0.0850. The number of rotatable bonds is 5. The van der Waals surface area contributed by atoms with Crippen LogP contribution in [0.25, 0.3) is 0 Å². The van der Waals surface area contributed by atoms with Gasteiger partial charge in [-0.05, 0) is 51.3 Å². The lowest BCUT2D eigenvalue weighted by Gasteiger charge is -2.27. The molecule has 1 aliphatic rings. The van der Waals surface area contributed by atoms with Crippen LogP contribution in [0.15, 0.2) is 24.3 Å². The van der Waals surface area contributed by atoms with E-state index in [0.717, 1.165) is 24.2 Å². The number of hydrogen-bond acceptors (Lipinski definition) is 3. The van der Waals surface area contributed by atoms with Crippen molar-refractivity contribution in [1.82, 2.24) is 5.32 Å². The lowest BCUT2D eigenvalue weighted by molar-refractivity contribution is -0.0498. The van der Waals surface area contributed by atoms with Crippen LogP contribution in [0.5, 0.6) is 5.75 Å². The molecule has 1 fully saturated rings. The molecule has 2 rings (SSSR count). The van der Waals surface area contributed by atoms with E-state index in [1.54, 1.807) is 12.1 Å². The monoisotopic (exact) mass is 301 g/mol. The fourth-order valence-corrected chi connectivity index (χ4v) is 3.83. The van der Waals surface area contributed by atoms with Gasteiger partial charge < -0.3 is 4.74 Å². The fraction of sp³-hybridized carbons (Fsp3) is 0.600. The molecule has 1 unspecified atom stereocenters. The van der Waals surface area contributed by atoms with E-state index in [2.05, 4.69) is 30.8 Å². The number of alkyl halides is 2. The lowest BCUT2D eigenvalue weighted by Crippen LogP contribution is -2.45. The van der Waals surface area contributed by atoms with Crippen molar-refractivity contribution >= 4 is 11.8 Å².